The predicted octanol–water partition coefficient (Wildman–Crippen LogP) is 4.77. The molecule has 6 nitrogen and oxygen atoms in total. The molecule has 0 aliphatic heterocycles. The number of carbonyl (C=O) groups excluding carboxylic acids is 3. The molecule has 0 bridgehead atoms. The van der Waals surface area contributed by atoms with Gasteiger partial charge in [0.25, 0.3) is 0 Å². The number of hydrogen-bond donors (Lipinski definition) is 2. The van der Waals surface area contributed by atoms with Crippen LogP contribution < -0.4 is 10.6 Å². The minimum Gasteiger partial charge on any atom is -0.465 e. The number of benzene rings is 3. The number of amides is 2. The lowest BCUT2D eigenvalue weighted by Gasteiger charge is -2.14. The first-order chi connectivity index (χ1) is 15.5. The molecule has 2 N–H and O–H groups in total. The summed E-state index contributed by atoms with van der Waals surface area (Å²) >= 11 is 1.36. The van der Waals surface area contributed by atoms with Crippen molar-refractivity contribution in [1.29, 1.82) is 0 Å². The summed E-state index contributed by atoms with van der Waals surface area (Å²) < 4.78 is 4.77. The van der Waals surface area contributed by atoms with Gasteiger partial charge in [-0.05, 0) is 42.8 Å². The number of anilines is 2. The lowest BCUT2D eigenvalue weighted by atomic mass is 10.1. The van der Waals surface area contributed by atoms with E-state index in [1.807, 2.05) is 54.6 Å². The van der Waals surface area contributed by atoms with Gasteiger partial charge >= 0.3 is 5.97 Å². The number of rotatable bonds is 8. The molecule has 3 rings (SSSR count). The van der Waals surface area contributed by atoms with Crippen LogP contribution in [0.2, 0.25) is 0 Å². The quantitative estimate of drug-likeness (QED) is 0.383. The van der Waals surface area contributed by atoms with Gasteiger partial charge in [-0.1, -0.05) is 48.5 Å². The molecular formula is C25H24N2O4S. The molecule has 0 spiro atoms. The molecule has 0 radical (unpaired) electrons. The molecule has 7 heteroatoms. The summed E-state index contributed by atoms with van der Waals surface area (Å²) in [6.07, 6.45) is 0.288. The number of esters is 1. The second kappa shape index (κ2) is 11.2. The van der Waals surface area contributed by atoms with E-state index in [1.54, 1.807) is 31.2 Å². The lowest BCUT2D eigenvalue weighted by molar-refractivity contribution is -0.116. The van der Waals surface area contributed by atoms with Gasteiger partial charge in [-0.2, -0.15) is 0 Å². The Labute approximate surface area is 191 Å². The molecule has 3 aromatic carbocycles. The standard InChI is InChI=1S/C25H24N2O4S/c1-17(24(29)27-22-14-7-6-13-21(22)25(30)31-2)32-20-12-8-11-19(16-20)26-23(28)15-18-9-4-3-5-10-18/h3-14,16-17H,15H2,1-2H3,(H,26,28)(H,27,29). The molecule has 0 aliphatic carbocycles. The Morgan fingerprint density at radius 2 is 1.62 bits per heavy atom. The zero-order valence-corrected chi connectivity index (χ0v) is 18.6. The third kappa shape index (κ3) is 6.46. The topological polar surface area (TPSA) is 84.5 Å². The van der Waals surface area contributed by atoms with Crippen molar-refractivity contribution < 1.29 is 19.1 Å². The monoisotopic (exact) mass is 448 g/mol. The van der Waals surface area contributed by atoms with E-state index >= 15 is 0 Å². The maximum absolute atomic E-state index is 12.7. The Kier molecular flexibility index (Phi) is 8.05. The molecule has 0 fully saturated rings. The van der Waals surface area contributed by atoms with E-state index in [2.05, 4.69) is 10.6 Å². The third-order valence-electron chi connectivity index (χ3n) is 4.60. The fraction of sp³-hybridized carbons (Fsp3) is 0.160. The predicted molar refractivity (Wildman–Crippen MR) is 127 cm³/mol. The fourth-order valence-corrected chi connectivity index (χ4v) is 3.93. The molecule has 1 atom stereocenters. The first-order valence-electron chi connectivity index (χ1n) is 10.0. The van der Waals surface area contributed by atoms with Crippen LogP contribution in [-0.2, 0) is 20.7 Å². The van der Waals surface area contributed by atoms with Crippen molar-refractivity contribution in [1.82, 2.24) is 0 Å². The van der Waals surface area contributed by atoms with Crippen molar-refractivity contribution in [2.45, 2.75) is 23.5 Å². The van der Waals surface area contributed by atoms with Crippen molar-refractivity contribution in [2.75, 3.05) is 17.7 Å². The van der Waals surface area contributed by atoms with Crippen LogP contribution in [0, 0.1) is 0 Å². The highest BCUT2D eigenvalue weighted by atomic mass is 32.2. The number of hydrogen-bond acceptors (Lipinski definition) is 5. The molecule has 0 aliphatic rings. The number of nitrogens with one attached hydrogen (secondary N) is 2. The van der Waals surface area contributed by atoms with Crippen LogP contribution in [-0.4, -0.2) is 30.1 Å². The fourth-order valence-electron chi connectivity index (χ4n) is 3.01. The average Bonchev–Trinajstić information content (AvgIpc) is 2.79. The Bertz CT molecular complexity index is 1100. The number of thioether (sulfide) groups is 1. The van der Waals surface area contributed by atoms with Crippen LogP contribution in [0.4, 0.5) is 11.4 Å². The van der Waals surface area contributed by atoms with Crippen LogP contribution in [0.15, 0.2) is 83.8 Å². The van der Waals surface area contributed by atoms with Crippen molar-refractivity contribution in [2.24, 2.45) is 0 Å². The van der Waals surface area contributed by atoms with E-state index in [0.29, 0.717) is 16.9 Å². The highest BCUT2D eigenvalue weighted by molar-refractivity contribution is 8.00. The zero-order valence-electron chi connectivity index (χ0n) is 17.8. The van der Waals surface area contributed by atoms with E-state index in [0.717, 1.165) is 10.5 Å². The SMILES string of the molecule is COC(=O)c1ccccc1NC(=O)C(C)Sc1cccc(NC(=O)Cc2ccccc2)c1. The Morgan fingerprint density at radius 3 is 2.38 bits per heavy atom. The van der Waals surface area contributed by atoms with Gasteiger partial charge in [0.05, 0.1) is 30.0 Å². The molecule has 2 amide bonds. The van der Waals surface area contributed by atoms with Crippen LogP contribution in [0.25, 0.3) is 0 Å². The minimum absolute atomic E-state index is 0.108. The summed E-state index contributed by atoms with van der Waals surface area (Å²) in [6.45, 7) is 1.78. The highest BCUT2D eigenvalue weighted by Gasteiger charge is 2.18. The Morgan fingerprint density at radius 1 is 0.906 bits per heavy atom. The minimum atomic E-state index is -0.514. The van der Waals surface area contributed by atoms with E-state index in [4.69, 9.17) is 4.74 Å². The molecule has 0 saturated carbocycles. The van der Waals surface area contributed by atoms with Crippen molar-refractivity contribution in [3.05, 3.63) is 90.0 Å². The van der Waals surface area contributed by atoms with Gasteiger partial charge in [-0.3, -0.25) is 9.59 Å². The van der Waals surface area contributed by atoms with Gasteiger partial charge in [0.15, 0.2) is 0 Å². The first kappa shape index (κ1) is 23.1. The highest BCUT2D eigenvalue weighted by Crippen LogP contribution is 2.27. The first-order valence-corrected chi connectivity index (χ1v) is 10.9. The summed E-state index contributed by atoms with van der Waals surface area (Å²) in [5.41, 5.74) is 2.30. The van der Waals surface area contributed by atoms with Crippen molar-refractivity contribution in [3.8, 4) is 0 Å². The van der Waals surface area contributed by atoms with E-state index in [9.17, 15) is 14.4 Å². The third-order valence-corrected chi connectivity index (χ3v) is 5.69. The summed E-state index contributed by atoms with van der Waals surface area (Å²) in [7, 11) is 1.30. The van der Waals surface area contributed by atoms with Crippen molar-refractivity contribution >= 4 is 40.9 Å². The smallest absolute Gasteiger partial charge is 0.339 e. The summed E-state index contributed by atoms with van der Waals surface area (Å²) in [4.78, 5) is 37.8. The Hall–Kier alpha value is -3.58. The van der Waals surface area contributed by atoms with Crippen LogP contribution in [0.1, 0.15) is 22.8 Å². The number of para-hydroxylation sites is 1. The van der Waals surface area contributed by atoms with Crippen LogP contribution in [0.3, 0.4) is 0 Å². The summed E-state index contributed by atoms with van der Waals surface area (Å²) in [5.74, 6) is -0.867. The molecule has 0 aromatic heterocycles. The van der Waals surface area contributed by atoms with Gasteiger partial charge in [-0.15, -0.1) is 11.8 Å². The number of ether oxygens (including phenoxy) is 1. The molecule has 3 aromatic rings. The second-order valence-corrected chi connectivity index (χ2v) is 8.44. The van der Waals surface area contributed by atoms with Crippen LogP contribution in [0.5, 0.6) is 0 Å². The van der Waals surface area contributed by atoms with Crippen LogP contribution >= 0.6 is 11.8 Å². The maximum Gasteiger partial charge on any atom is 0.339 e. The van der Waals surface area contributed by atoms with Gasteiger partial charge in [0.2, 0.25) is 11.8 Å². The number of methoxy groups -OCH3 is 1. The molecule has 0 saturated heterocycles. The largest absolute Gasteiger partial charge is 0.465 e. The molecule has 32 heavy (non-hydrogen) atoms. The van der Waals surface area contributed by atoms with Gasteiger partial charge in [-0.25, -0.2) is 4.79 Å². The maximum atomic E-state index is 12.7. The van der Waals surface area contributed by atoms with E-state index < -0.39 is 11.2 Å². The molecule has 164 valence electrons. The second-order valence-electron chi connectivity index (χ2n) is 7.02. The lowest BCUT2D eigenvalue weighted by Crippen LogP contribution is -2.23. The average molecular weight is 449 g/mol. The number of carbonyl (C=O) groups is 3. The molecular weight excluding hydrogens is 424 g/mol. The molecule has 0 heterocycles. The normalized spacial score (nSPS) is 11.3. The van der Waals surface area contributed by atoms with E-state index in [-0.39, 0.29) is 18.2 Å². The van der Waals surface area contributed by atoms with E-state index in [1.165, 1.54) is 18.9 Å². The summed E-state index contributed by atoms with van der Waals surface area (Å²) in [6, 6.07) is 23.6. The van der Waals surface area contributed by atoms with Crippen molar-refractivity contribution in [3.63, 3.8) is 0 Å². The van der Waals surface area contributed by atoms with Gasteiger partial charge in [0, 0.05) is 10.6 Å². The van der Waals surface area contributed by atoms with Gasteiger partial charge < -0.3 is 15.4 Å². The Balaban J connectivity index is 1.61. The van der Waals surface area contributed by atoms with Gasteiger partial charge in [0.1, 0.15) is 0 Å². The molecule has 1 unspecified atom stereocenters. The summed E-state index contributed by atoms with van der Waals surface area (Å²) in [5, 5.41) is 5.25. The zero-order chi connectivity index (χ0) is 22.9.